The molecule has 0 aliphatic heterocycles. The van der Waals surface area contributed by atoms with Gasteiger partial charge in [0.15, 0.2) is 0 Å². The molecule has 0 atom stereocenters. The molecule has 2 N–H and O–H groups in total. The molecule has 0 aliphatic carbocycles. The smallest absolute Gasteiger partial charge is 0.124 e. The molecule has 0 fully saturated rings. The van der Waals surface area contributed by atoms with Gasteiger partial charge >= 0.3 is 0 Å². The Morgan fingerprint density at radius 1 is 1.19 bits per heavy atom. The molecule has 0 saturated carbocycles. The second-order valence-electron chi connectivity index (χ2n) is 4.51. The Bertz CT molecular complexity index is 549. The van der Waals surface area contributed by atoms with Gasteiger partial charge in [0.2, 0.25) is 0 Å². The van der Waals surface area contributed by atoms with E-state index in [1.54, 1.807) is 18.9 Å². The summed E-state index contributed by atoms with van der Waals surface area (Å²) >= 11 is 0. The minimum atomic E-state index is 0.150. The molecule has 1 aromatic heterocycles. The van der Waals surface area contributed by atoms with Crippen molar-refractivity contribution in [3.8, 4) is 11.5 Å². The first-order valence-electron chi connectivity index (χ1n) is 6.72. The molecule has 0 bridgehead atoms. The van der Waals surface area contributed by atoms with Gasteiger partial charge < -0.3 is 19.9 Å². The minimum Gasteiger partial charge on any atom is -0.497 e. The van der Waals surface area contributed by atoms with Gasteiger partial charge in [-0.3, -0.25) is 4.68 Å². The van der Waals surface area contributed by atoms with Crippen molar-refractivity contribution in [1.82, 2.24) is 15.0 Å². The highest BCUT2D eigenvalue weighted by molar-refractivity contribution is 5.53. The second-order valence-corrected chi connectivity index (χ2v) is 4.51. The number of aliphatic hydroxyl groups excluding tert-OH is 1. The lowest BCUT2D eigenvalue weighted by Crippen LogP contribution is -2.01. The molecule has 114 valence electrons. The molecule has 2 aromatic rings. The normalized spacial score (nSPS) is 10.4. The summed E-state index contributed by atoms with van der Waals surface area (Å²) in [5.41, 5.74) is 1.71. The molecule has 2 rings (SSSR count). The van der Waals surface area contributed by atoms with Crippen LogP contribution in [0.4, 0.5) is 5.69 Å². The number of aliphatic hydroxyl groups is 1. The summed E-state index contributed by atoms with van der Waals surface area (Å²) in [7, 11) is 3.23. The van der Waals surface area contributed by atoms with E-state index in [0.29, 0.717) is 19.5 Å². The molecule has 0 amide bonds. The maximum absolute atomic E-state index is 8.79. The molecule has 7 heteroatoms. The molecule has 0 radical (unpaired) electrons. The summed E-state index contributed by atoms with van der Waals surface area (Å²) in [5, 5.41) is 20.1. The van der Waals surface area contributed by atoms with E-state index in [1.807, 2.05) is 24.4 Å². The number of rotatable bonds is 8. The maximum atomic E-state index is 8.79. The van der Waals surface area contributed by atoms with Gasteiger partial charge in [0.1, 0.15) is 17.2 Å². The van der Waals surface area contributed by atoms with Crippen LogP contribution in [0.25, 0.3) is 0 Å². The Morgan fingerprint density at radius 2 is 1.90 bits per heavy atom. The number of hydrogen-bond acceptors (Lipinski definition) is 6. The zero-order valence-corrected chi connectivity index (χ0v) is 12.2. The van der Waals surface area contributed by atoms with Crippen LogP contribution in [0.2, 0.25) is 0 Å². The van der Waals surface area contributed by atoms with Crippen LogP contribution in [0.3, 0.4) is 0 Å². The average molecular weight is 292 g/mol. The fraction of sp³-hybridized carbons (Fsp3) is 0.429. The van der Waals surface area contributed by atoms with Gasteiger partial charge in [-0.05, 0) is 6.42 Å². The summed E-state index contributed by atoms with van der Waals surface area (Å²) in [6.45, 7) is 1.36. The fourth-order valence-corrected chi connectivity index (χ4v) is 1.86. The summed E-state index contributed by atoms with van der Waals surface area (Å²) in [4.78, 5) is 0. The van der Waals surface area contributed by atoms with Crippen molar-refractivity contribution >= 4 is 5.69 Å². The lowest BCUT2D eigenvalue weighted by molar-refractivity contribution is 0.276. The monoisotopic (exact) mass is 292 g/mol. The molecule has 21 heavy (non-hydrogen) atoms. The van der Waals surface area contributed by atoms with Crippen LogP contribution < -0.4 is 14.8 Å². The first kappa shape index (κ1) is 15.1. The first-order valence-corrected chi connectivity index (χ1v) is 6.72. The third-order valence-corrected chi connectivity index (χ3v) is 2.96. The molecular weight excluding hydrogens is 272 g/mol. The molecule has 1 aromatic carbocycles. The average Bonchev–Trinajstić information content (AvgIpc) is 2.98. The predicted molar refractivity (Wildman–Crippen MR) is 78.6 cm³/mol. The summed E-state index contributed by atoms with van der Waals surface area (Å²) in [6.07, 6.45) is 2.53. The minimum absolute atomic E-state index is 0.150. The van der Waals surface area contributed by atoms with Gasteiger partial charge in [-0.15, -0.1) is 5.10 Å². The van der Waals surface area contributed by atoms with Crippen LogP contribution in [0.5, 0.6) is 11.5 Å². The lowest BCUT2D eigenvalue weighted by Gasteiger charge is -2.09. The van der Waals surface area contributed by atoms with E-state index < -0.39 is 0 Å². The zero-order valence-electron chi connectivity index (χ0n) is 12.2. The lowest BCUT2D eigenvalue weighted by atomic mass is 10.2. The van der Waals surface area contributed by atoms with Crippen molar-refractivity contribution < 1.29 is 14.6 Å². The third kappa shape index (κ3) is 4.35. The third-order valence-electron chi connectivity index (χ3n) is 2.96. The fourth-order valence-electron chi connectivity index (χ4n) is 1.86. The van der Waals surface area contributed by atoms with E-state index in [1.165, 1.54) is 0 Å². The van der Waals surface area contributed by atoms with Crippen LogP contribution in [0.15, 0.2) is 24.4 Å². The molecule has 0 saturated heterocycles. The Kier molecular flexibility index (Phi) is 5.39. The number of nitrogens with zero attached hydrogens (tertiary/aromatic N) is 3. The molecule has 1 heterocycles. The number of anilines is 1. The number of methoxy groups -OCH3 is 2. The van der Waals surface area contributed by atoms with E-state index in [2.05, 4.69) is 15.6 Å². The Labute approximate surface area is 123 Å². The Balaban J connectivity index is 1.97. The van der Waals surface area contributed by atoms with Gasteiger partial charge in [-0.2, -0.15) is 0 Å². The first-order chi connectivity index (χ1) is 10.2. The summed E-state index contributed by atoms with van der Waals surface area (Å²) in [6, 6.07) is 5.59. The van der Waals surface area contributed by atoms with Crippen molar-refractivity contribution in [3.05, 3.63) is 30.1 Å². The van der Waals surface area contributed by atoms with Gasteiger partial charge in [0.25, 0.3) is 0 Å². The van der Waals surface area contributed by atoms with E-state index in [0.717, 1.165) is 22.9 Å². The van der Waals surface area contributed by atoms with E-state index in [4.69, 9.17) is 14.6 Å². The second kappa shape index (κ2) is 7.49. The molecular formula is C14H20N4O3. The topological polar surface area (TPSA) is 81.4 Å². The van der Waals surface area contributed by atoms with Crippen molar-refractivity contribution in [1.29, 1.82) is 0 Å². The van der Waals surface area contributed by atoms with Crippen molar-refractivity contribution in [2.45, 2.75) is 19.5 Å². The number of aromatic nitrogens is 3. The zero-order chi connectivity index (χ0) is 15.1. The van der Waals surface area contributed by atoms with Gasteiger partial charge in [-0.25, -0.2) is 0 Å². The number of aryl methyl sites for hydroxylation is 1. The molecule has 0 aliphatic rings. The summed E-state index contributed by atoms with van der Waals surface area (Å²) in [5.74, 6) is 1.45. The Morgan fingerprint density at radius 3 is 2.52 bits per heavy atom. The molecule has 0 spiro atoms. The number of hydrogen-bond donors (Lipinski definition) is 2. The van der Waals surface area contributed by atoms with Crippen molar-refractivity contribution in [2.24, 2.45) is 0 Å². The maximum Gasteiger partial charge on any atom is 0.124 e. The highest BCUT2D eigenvalue weighted by atomic mass is 16.5. The number of nitrogens with one attached hydrogen (secondary N) is 1. The van der Waals surface area contributed by atoms with Crippen molar-refractivity contribution in [3.63, 3.8) is 0 Å². The Hall–Kier alpha value is -2.28. The highest BCUT2D eigenvalue weighted by Crippen LogP contribution is 2.25. The van der Waals surface area contributed by atoms with Gasteiger partial charge in [-0.1, -0.05) is 5.21 Å². The van der Waals surface area contributed by atoms with Gasteiger partial charge in [0, 0.05) is 37.0 Å². The van der Waals surface area contributed by atoms with E-state index in [-0.39, 0.29) is 6.61 Å². The van der Waals surface area contributed by atoms with Crippen LogP contribution in [0.1, 0.15) is 12.1 Å². The molecule has 7 nitrogen and oxygen atoms in total. The van der Waals surface area contributed by atoms with Crippen LogP contribution in [-0.4, -0.2) is 40.9 Å². The van der Waals surface area contributed by atoms with Crippen LogP contribution in [-0.2, 0) is 13.1 Å². The van der Waals surface area contributed by atoms with Crippen molar-refractivity contribution in [2.75, 3.05) is 26.1 Å². The van der Waals surface area contributed by atoms with E-state index >= 15 is 0 Å². The SMILES string of the molecule is COc1cc(NCc2cn(CCCO)nn2)cc(OC)c1. The quantitative estimate of drug-likeness (QED) is 0.763. The molecule has 0 unspecified atom stereocenters. The summed E-state index contributed by atoms with van der Waals surface area (Å²) < 4.78 is 12.2. The van der Waals surface area contributed by atoms with Crippen LogP contribution in [0, 0.1) is 0 Å². The van der Waals surface area contributed by atoms with Crippen LogP contribution >= 0.6 is 0 Å². The largest absolute Gasteiger partial charge is 0.497 e. The van der Waals surface area contributed by atoms with Gasteiger partial charge in [0.05, 0.1) is 27.0 Å². The number of benzene rings is 1. The highest BCUT2D eigenvalue weighted by Gasteiger charge is 2.04. The van der Waals surface area contributed by atoms with E-state index in [9.17, 15) is 0 Å². The predicted octanol–water partition coefficient (Wildman–Crippen LogP) is 1.29. The number of ether oxygens (including phenoxy) is 2. The standard InChI is InChI=1S/C14H20N4O3/c1-20-13-6-11(7-14(8-13)21-2)15-9-12-10-18(17-16-12)4-3-5-19/h6-8,10,15,19H,3-5,9H2,1-2H3.